The number of pyridine rings is 2. The van der Waals surface area contributed by atoms with Crippen LogP contribution in [0.2, 0.25) is 0 Å². The standard InChI is InChI=1S/C18H20N4O4S/c1-22(15-5-8-27(25,26)12-15)18(24)14-4-7-20-16(9-14)17(23)21-11-13-3-2-6-19-10-13/h2-4,6-7,9-10,15H,5,8,11-12H2,1H3,(H,21,23). The minimum atomic E-state index is -3.09. The van der Waals surface area contributed by atoms with E-state index in [4.69, 9.17) is 0 Å². The Morgan fingerprint density at radius 2 is 2.11 bits per heavy atom. The highest BCUT2D eigenvalue weighted by atomic mass is 32.2. The number of nitrogens with zero attached hydrogens (tertiary/aromatic N) is 3. The predicted octanol–water partition coefficient (Wildman–Crippen LogP) is 0.666. The Bertz CT molecular complexity index is 947. The van der Waals surface area contributed by atoms with Gasteiger partial charge in [0.15, 0.2) is 9.84 Å². The molecule has 0 spiro atoms. The SMILES string of the molecule is CN(C(=O)c1ccnc(C(=O)NCc2cccnc2)c1)C1CCS(=O)(=O)C1. The summed E-state index contributed by atoms with van der Waals surface area (Å²) in [5.74, 6) is -0.674. The Balaban J connectivity index is 1.67. The molecule has 1 aliphatic heterocycles. The third-order valence-corrected chi connectivity index (χ3v) is 6.24. The normalized spacial score (nSPS) is 18.0. The van der Waals surface area contributed by atoms with Crippen molar-refractivity contribution in [2.24, 2.45) is 0 Å². The molecular formula is C18H20N4O4S. The minimum absolute atomic E-state index is 0.0290. The molecule has 1 aliphatic rings. The summed E-state index contributed by atoms with van der Waals surface area (Å²) < 4.78 is 23.3. The van der Waals surface area contributed by atoms with Crippen LogP contribution < -0.4 is 5.32 Å². The second-order valence-corrected chi connectivity index (χ2v) is 8.68. The molecule has 1 fully saturated rings. The van der Waals surface area contributed by atoms with Gasteiger partial charge in [0.1, 0.15) is 5.69 Å². The number of nitrogens with one attached hydrogen (secondary N) is 1. The molecule has 0 radical (unpaired) electrons. The van der Waals surface area contributed by atoms with Gasteiger partial charge in [-0.05, 0) is 30.2 Å². The average molecular weight is 388 g/mol. The fraction of sp³-hybridized carbons (Fsp3) is 0.333. The van der Waals surface area contributed by atoms with Crippen molar-refractivity contribution in [1.82, 2.24) is 20.2 Å². The zero-order chi connectivity index (χ0) is 19.4. The predicted molar refractivity (Wildman–Crippen MR) is 98.8 cm³/mol. The monoisotopic (exact) mass is 388 g/mol. The second-order valence-electron chi connectivity index (χ2n) is 6.45. The molecule has 0 aliphatic carbocycles. The first-order valence-corrected chi connectivity index (χ1v) is 10.3. The molecular weight excluding hydrogens is 368 g/mol. The Labute approximate surface area is 157 Å². The van der Waals surface area contributed by atoms with Crippen LogP contribution in [0.15, 0.2) is 42.9 Å². The quantitative estimate of drug-likeness (QED) is 0.806. The van der Waals surface area contributed by atoms with Crippen LogP contribution in [-0.2, 0) is 16.4 Å². The number of aromatic nitrogens is 2. The van der Waals surface area contributed by atoms with Crippen LogP contribution in [0.4, 0.5) is 0 Å². The van der Waals surface area contributed by atoms with Crippen LogP contribution in [0.5, 0.6) is 0 Å². The van der Waals surface area contributed by atoms with Crippen molar-refractivity contribution in [1.29, 1.82) is 0 Å². The number of rotatable bonds is 5. The third kappa shape index (κ3) is 4.68. The highest BCUT2D eigenvalue weighted by Gasteiger charge is 2.33. The lowest BCUT2D eigenvalue weighted by Gasteiger charge is -2.23. The topological polar surface area (TPSA) is 109 Å². The van der Waals surface area contributed by atoms with Crippen molar-refractivity contribution in [3.63, 3.8) is 0 Å². The molecule has 142 valence electrons. The third-order valence-electron chi connectivity index (χ3n) is 4.49. The minimum Gasteiger partial charge on any atom is -0.347 e. The van der Waals surface area contributed by atoms with Gasteiger partial charge in [0.25, 0.3) is 11.8 Å². The second kappa shape index (κ2) is 7.83. The van der Waals surface area contributed by atoms with E-state index in [2.05, 4.69) is 15.3 Å². The molecule has 27 heavy (non-hydrogen) atoms. The van der Waals surface area contributed by atoms with Crippen molar-refractivity contribution in [3.05, 3.63) is 59.7 Å². The van der Waals surface area contributed by atoms with Gasteiger partial charge in [0, 0.05) is 43.8 Å². The number of carbonyl (C=O) groups is 2. The number of amides is 2. The molecule has 9 heteroatoms. The van der Waals surface area contributed by atoms with Crippen molar-refractivity contribution >= 4 is 21.7 Å². The fourth-order valence-corrected chi connectivity index (χ4v) is 4.69. The van der Waals surface area contributed by atoms with Gasteiger partial charge in [0.2, 0.25) is 0 Å². The van der Waals surface area contributed by atoms with Crippen LogP contribution in [0.3, 0.4) is 0 Å². The van der Waals surface area contributed by atoms with Gasteiger partial charge in [-0.25, -0.2) is 8.42 Å². The summed E-state index contributed by atoms with van der Waals surface area (Å²) in [6, 6.07) is 6.20. The number of hydrogen-bond acceptors (Lipinski definition) is 6. The molecule has 2 aromatic heterocycles. The van der Waals surface area contributed by atoms with Crippen LogP contribution >= 0.6 is 0 Å². The van der Waals surface area contributed by atoms with E-state index in [-0.39, 0.29) is 29.1 Å². The highest BCUT2D eigenvalue weighted by Crippen LogP contribution is 2.18. The Morgan fingerprint density at radius 3 is 2.78 bits per heavy atom. The summed E-state index contributed by atoms with van der Waals surface area (Å²) in [4.78, 5) is 34.4. The van der Waals surface area contributed by atoms with Gasteiger partial charge < -0.3 is 10.2 Å². The van der Waals surface area contributed by atoms with Gasteiger partial charge in [0.05, 0.1) is 11.5 Å². The van der Waals surface area contributed by atoms with E-state index in [1.54, 1.807) is 25.5 Å². The van der Waals surface area contributed by atoms with E-state index in [0.717, 1.165) is 5.56 Å². The first-order valence-electron chi connectivity index (χ1n) is 8.46. The van der Waals surface area contributed by atoms with Gasteiger partial charge in [-0.15, -0.1) is 0 Å². The van der Waals surface area contributed by atoms with Crippen LogP contribution in [0, 0.1) is 0 Å². The van der Waals surface area contributed by atoms with E-state index in [9.17, 15) is 18.0 Å². The van der Waals surface area contributed by atoms with E-state index in [1.165, 1.54) is 23.2 Å². The highest BCUT2D eigenvalue weighted by molar-refractivity contribution is 7.91. The summed E-state index contributed by atoms with van der Waals surface area (Å²) >= 11 is 0. The Morgan fingerprint density at radius 1 is 1.30 bits per heavy atom. The summed E-state index contributed by atoms with van der Waals surface area (Å²) in [5, 5.41) is 2.73. The maximum atomic E-state index is 12.7. The van der Waals surface area contributed by atoms with Gasteiger partial charge in [-0.1, -0.05) is 6.07 Å². The fourth-order valence-electron chi connectivity index (χ4n) is 2.91. The molecule has 3 rings (SSSR count). The Hall–Kier alpha value is -2.81. The Kier molecular flexibility index (Phi) is 5.50. The van der Waals surface area contributed by atoms with E-state index >= 15 is 0 Å². The molecule has 1 unspecified atom stereocenters. The summed E-state index contributed by atoms with van der Waals surface area (Å²) in [6.07, 6.45) is 5.12. The maximum Gasteiger partial charge on any atom is 0.270 e. The zero-order valence-corrected chi connectivity index (χ0v) is 15.6. The summed E-state index contributed by atoms with van der Waals surface area (Å²) in [6.45, 7) is 0.298. The lowest BCUT2D eigenvalue weighted by Crippen LogP contribution is -2.38. The number of carbonyl (C=O) groups excluding carboxylic acids is 2. The van der Waals surface area contributed by atoms with E-state index in [1.807, 2.05) is 6.07 Å². The molecule has 3 heterocycles. The van der Waals surface area contributed by atoms with Gasteiger partial charge in [-0.2, -0.15) is 0 Å². The van der Waals surface area contributed by atoms with E-state index in [0.29, 0.717) is 18.5 Å². The molecule has 1 saturated heterocycles. The molecule has 1 atom stereocenters. The van der Waals surface area contributed by atoms with Crippen molar-refractivity contribution < 1.29 is 18.0 Å². The lowest BCUT2D eigenvalue weighted by molar-refractivity contribution is 0.0747. The first kappa shape index (κ1) is 19.0. The average Bonchev–Trinajstić information content (AvgIpc) is 3.05. The smallest absolute Gasteiger partial charge is 0.270 e. The first-order chi connectivity index (χ1) is 12.9. The largest absolute Gasteiger partial charge is 0.347 e. The van der Waals surface area contributed by atoms with Crippen molar-refractivity contribution in [2.75, 3.05) is 18.6 Å². The van der Waals surface area contributed by atoms with Crippen molar-refractivity contribution in [3.8, 4) is 0 Å². The molecule has 1 N–H and O–H groups in total. The number of hydrogen-bond donors (Lipinski definition) is 1. The molecule has 0 saturated carbocycles. The molecule has 2 amide bonds. The summed E-state index contributed by atoms with van der Waals surface area (Å²) in [7, 11) is -1.51. The van der Waals surface area contributed by atoms with Gasteiger partial charge in [-0.3, -0.25) is 19.6 Å². The van der Waals surface area contributed by atoms with Gasteiger partial charge >= 0.3 is 0 Å². The lowest BCUT2D eigenvalue weighted by atomic mass is 10.1. The van der Waals surface area contributed by atoms with Crippen LogP contribution in [-0.4, -0.2) is 59.7 Å². The maximum absolute atomic E-state index is 12.7. The number of sulfone groups is 1. The van der Waals surface area contributed by atoms with E-state index < -0.39 is 15.7 Å². The van der Waals surface area contributed by atoms with Crippen LogP contribution in [0.1, 0.15) is 32.8 Å². The molecule has 0 bridgehead atoms. The summed E-state index contributed by atoms with van der Waals surface area (Å²) in [5.41, 5.74) is 1.26. The molecule has 8 nitrogen and oxygen atoms in total. The molecule has 0 aromatic carbocycles. The molecule has 2 aromatic rings. The zero-order valence-electron chi connectivity index (χ0n) is 14.8. The van der Waals surface area contributed by atoms with Crippen LogP contribution in [0.25, 0.3) is 0 Å². The van der Waals surface area contributed by atoms with Crippen molar-refractivity contribution in [2.45, 2.75) is 19.0 Å².